The van der Waals surface area contributed by atoms with E-state index in [1.807, 2.05) is 0 Å². The van der Waals surface area contributed by atoms with Crippen molar-refractivity contribution in [1.29, 1.82) is 10.5 Å². The van der Waals surface area contributed by atoms with Crippen LogP contribution in [-0.2, 0) is 4.74 Å². The molecule has 0 unspecified atom stereocenters. The molecule has 0 amide bonds. The lowest BCUT2D eigenvalue weighted by atomic mass is 9.97. The molecule has 43 heavy (non-hydrogen) atoms. The van der Waals surface area contributed by atoms with E-state index in [2.05, 4.69) is 52.5 Å². The summed E-state index contributed by atoms with van der Waals surface area (Å²) in [6.45, 7) is 5.96. The van der Waals surface area contributed by atoms with Gasteiger partial charge in [0.25, 0.3) is 0 Å². The lowest BCUT2D eigenvalue weighted by Gasteiger charge is -2.49. The SMILES string of the molecule is N#Cc1cc(Nc2nc(NC3CC3)n3ncc(C#N)c3n2)c(Cl)c(N2CCN(C3CCN(C4COC4)CC3)[C@@H](CO)C2)c1. The molecule has 4 fully saturated rings. The van der Waals surface area contributed by atoms with Gasteiger partial charge < -0.3 is 25.4 Å². The van der Waals surface area contributed by atoms with Crippen molar-refractivity contribution in [1.82, 2.24) is 29.4 Å². The molecule has 7 rings (SSSR count). The van der Waals surface area contributed by atoms with Crippen LogP contribution >= 0.6 is 11.6 Å². The molecule has 3 aliphatic heterocycles. The van der Waals surface area contributed by atoms with Gasteiger partial charge >= 0.3 is 0 Å². The van der Waals surface area contributed by atoms with E-state index in [0.717, 1.165) is 70.8 Å². The highest BCUT2D eigenvalue weighted by molar-refractivity contribution is 6.36. The zero-order valence-corrected chi connectivity index (χ0v) is 24.5. The highest BCUT2D eigenvalue weighted by Gasteiger charge is 2.36. The number of halogens is 1. The van der Waals surface area contributed by atoms with Gasteiger partial charge in [0.15, 0.2) is 5.65 Å². The molecule has 4 aliphatic rings. The summed E-state index contributed by atoms with van der Waals surface area (Å²) in [6, 6.07) is 9.11. The zero-order chi connectivity index (χ0) is 29.5. The van der Waals surface area contributed by atoms with Crippen LogP contribution in [0.3, 0.4) is 0 Å². The summed E-state index contributed by atoms with van der Waals surface area (Å²) in [4.78, 5) is 16.3. The number of likely N-dealkylation sites (tertiary alicyclic amines) is 1. The molecule has 1 aromatic carbocycles. The summed E-state index contributed by atoms with van der Waals surface area (Å²) in [5.41, 5.74) is 2.37. The van der Waals surface area contributed by atoms with E-state index in [-0.39, 0.29) is 18.6 Å². The molecule has 13 nitrogen and oxygen atoms in total. The second-order valence-electron chi connectivity index (χ2n) is 11.8. The molecule has 3 saturated heterocycles. The highest BCUT2D eigenvalue weighted by Crippen LogP contribution is 2.38. The van der Waals surface area contributed by atoms with Crippen molar-refractivity contribution in [3.05, 3.63) is 34.5 Å². The number of aliphatic hydroxyl groups excluding tert-OH is 1. The van der Waals surface area contributed by atoms with Crippen LogP contribution in [0.4, 0.5) is 23.3 Å². The van der Waals surface area contributed by atoms with Crippen molar-refractivity contribution in [2.75, 3.05) is 68.1 Å². The third-order valence-corrected chi connectivity index (χ3v) is 9.41. The Balaban J connectivity index is 1.11. The molecule has 5 heterocycles. The highest BCUT2D eigenvalue weighted by atomic mass is 35.5. The number of nitrogens with one attached hydrogen (secondary N) is 2. The van der Waals surface area contributed by atoms with Crippen molar-refractivity contribution < 1.29 is 9.84 Å². The Morgan fingerprint density at radius 3 is 2.51 bits per heavy atom. The molecule has 1 atom stereocenters. The second-order valence-corrected chi connectivity index (χ2v) is 12.1. The molecule has 14 heteroatoms. The Bertz CT molecular complexity index is 1580. The van der Waals surface area contributed by atoms with E-state index < -0.39 is 0 Å². The summed E-state index contributed by atoms with van der Waals surface area (Å²) >= 11 is 7.01. The van der Waals surface area contributed by atoms with Crippen LogP contribution in [0.15, 0.2) is 18.3 Å². The Morgan fingerprint density at radius 2 is 1.84 bits per heavy atom. The topological polar surface area (TPSA) is 154 Å². The number of ether oxygens (including phenoxy) is 1. The van der Waals surface area contributed by atoms with Crippen LogP contribution in [0.2, 0.25) is 5.02 Å². The van der Waals surface area contributed by atoms with Gasteiger partial charge in [0.05, 0.1) is 66.1 Å². The van der Waals surface area contributed by atoms with E-state index >= 15 is 0 Å². The quantitative estimate of drug-likeness (QED) is 0.346. The normalized spacial score (nSPS) is 22.2. The number of aromatic nitrogens is 4. The molecular formula is C29H34ClN11O2. The number of aliphatic hydroxyl groups is 1. The molecule has 0 radical (unpaired) electrons. The van der Waals surface area contributed by atoms with Crippen molar-refractivity contribution >= 4 is 40.5 Å². The van der Waals surface area contributed by atoms with Gasteiger partial charge in [0.2, 0.25) is 11.9 Å². The first kappa shape index (κ1) is 28.1. The van der Waals surface area contributed by atoms with Gasteiger partial charge in [-0.25, -0.2) is 0 Å². The van der Waals surface area contributed by atoms with Crippen LogP contribution in [0.25, 0.3) is 5.65 Å². The zero-order valence-electron chi connectivity index (χ0n) is 23.8. The van der Waals surface area contributed by atoms with Gasteiger partial charge in [-0.15, -0.1) is 0 Å². The van der Waals surface area contributed by atoms with E-state index in [1.165, 1.54) is 10.7 Å². The number of rotatable bonds is 8. The van der Waals surface area contributed by atoms with Crippen LogP contribution in [-0.4, -0.2) is 111 Å². The minimum atomic E-state index is -0.0383. The first-order chi connectivity index (χ1) is 21.0. The molecule has 3 aromatic rings. The van der Waals surface area contributed by atoms with Gasteiger partial charge in [-0.05, 0) is 37.8 Å². The van der Waals surface area contributed by atoms with Gasteiger partial charge in [0, 0.05) is 44.8 Å². The lowest BCUT2D eigenvalue weighted by molar-refractivity contribution is -0.0789. The maximum atomic E-state index is 10.4. The fourth-order valence-electron chi connectivity index (χ4n) is 6.38. The largest absolute Gasteiger partial charge is 0.395 e. The number of nitrogens with zero attached hydrogens (tertiary/aromatic N) is 9. The fraction of sp³-hybridized carbons (Fsp3) is 0.552. The van der Waals surface area contributed by atoms with Gasteiger partial charge in [-0.2, -0.15) is 30.1 Å². The lowest BCUT2D eigenvalue weighted by Crippen LogP contribution is -2.61. The number of fused-ring (bicyclic) bond motifs is 1. The van der Waals surface area contributed by atoms with Gasteiger partial charge in [-0.1, -0.05) is 11.6 Å². The Morgan fingerprint density at radius 1 is 1.02 bits per heavy atom. The van der Waals surface area contributed by atoms with E-state index in [4.69, 9.17) is 16.3 Å². The van der Waals surface area contributed by atoms with Crippen LogP contribution in [0.1, 0.15) is 36.8 Å². The summed E-state index contributed by atoms with van der Waals surface area (Å²) < 4.78 is 6.91. The molecule has 224 valence electrons. The van der Waals surface area contributed by atoms with Crippen molar-refractivity contribution in [2.24, 2.45) is 0 Å². The minimum absolute atomic E-state index is 0.0383. The molecule has 2 aromatic heterocycles. The van der Waals surface area contributed by atoms with Crippen LogP contribution in [0, 0.1) is 22.7 Å². The maximum Gasteiger partial charge on any atom is 0.232 e. The number of hydrogen-bond acceptors (Lipinski definition) is 12. The van der Waals surface area contributed by atoms with E-state index in [0.29, 0.717) is 58.1 Å². The number of anilines is 4. The van der Waals surface area contributed by atoms with Crippen molar-refractivity contribution in [3.63, 3.8) is 0 Å². The molecule has 1 aliphatic carbocycles. The number of benzene rings is 1. The Hall–Kier alpha value is -3.72. The first-order valence-corrected chi connectivity index (χ1v) is 15.3. The monoisotopic (exact) mass is 603 g/mol. The average Bonchev–Trinajstić information content (AvgIpc) is 3.73. The predicted octanol–water partition coefficient (Wildman–Crippen LogP) is 2.19. The van der Waals surface area contributed by atoms with Gasteiger partial charge in [-0.3, -0.25) is 9.80 Å². The summed E-state index contributed by atoms with van der Waals surface area (Å²) in [5.74, 6) is 0.728. The predicted molar refractivity (Wildman–Crippen MR) is 161 cm³/mol. The number of piperazine rings is 1. The average molecular weight is 604 g/mol. The molecule has 3 N–H and O–H groups in total. The van der Waals surface area contributed by atoms with Crippen LogP contribution in [0.5, 0.6) is 0 Å². The Labute approximate surface area is 254 Å². The van der Waals surface area contributed by atoms with Crippen molar-refractivity contribution in [3.8, 4) is 12.1 Å². The Kier molecular flexibility index (Phi) is 7.67. The van der Waals surface area contributed by atoms with Crippen molar-refractivity contribution in [2.45, 2.75) is 49.9 Å². The molecule has 1 saturated carbocycles. The standard InChI is InChI=1S/C29H34ClN11O2/c30-26-24(35-28-36-27-19(12-32)13-33-41(27)29(37-28)34-20-1-2-20)9-18(11-31)10-25(26)39-7-8-40(22(14-39)15-42)21-3-5-38(6-4-21)23-16-43-17-23/h9-10,13,20-23,42H,1-8,14-17H2,(H2,34,35,36,37)/t22-/m1/s1. The third kappa shape index (κ3) is 5.55. The molecule has 0 spiro atoms. The van der Waals surface area contributed by atoms with Gasteiger partial charge in [0.1, 0.15) is 11.6 Å². The van der Waals surface area contributed by atoms with E-state index in [9.17, 15) is 15.6 Å². The summed E-state index contributed by atoms with van der Waals surface area (Å²) in [6.07, 6.45) is 5.71. The molecule has 0 bridgehead atoms. The fourth-order valence-corrected chi connectivity index (χ4v) is 6.66. The first-order valence-electron chi connectivity index (χ1n) is 14.9. The van der Waals surface area contributed by atoms with E-state index in [1.54, 1.807) is 12.1 Å². The maximum absolute atomic E-state index is 10.4. The summed E-state index contributed by atoms with van der Waals surface area (Å²) in [5, 5.41) is 41.2. The molecular weight excluding hydrogens is 570 g/mol. The van der Waals surface area contributed by atoms with Crippen LogP contribution < -0.4 is 15.5 Å². The number of hydrogen-bond donors (Lipinski definition) is 3. The summed E-state index contributed by atoms with van der Waals surface area (Å²) in [7, 11) is 0. The minimum Gasteiger partial charge on any atom is -0.395 e. The number of piperidine rings is 1. The third-order valence-electron chi connectivity index (χ3n) is 9.01. The second kappa shape index (κ2) is 11.8. The number of nitriles is 2. The smallest absolute Gasteiger partial charge is 0.232 e.